The molecule has 0 saturated heterocycles. The maximum absolute atomic E-state index is 14.0. The Kier molecular flexibility index (Phi) is 9.82. The van der Waals surface area contributed by atoms with Gasteiger partial charge in [-0.05, 0) is 60.6 Å². The van der Waals surface area contributed by atoms with Crippen molar-refractivity contribution >= 4 is 57.3 Å². The number of carbonyl (C=O) groups is 2. The third-order valence-corrected chi connectivity index (χ3v) is 7.85. The molecular weight excluding hydrogens is 552 g/mol. The second-order valence-corrected chi connectivity index (χ2v) is 10.7. The van der Waals surface area contributed by atoms with Gasteiger partial charge in [0, 0.05) is 28.8 Å². The highest BCUT2D eigenvalue weighted by molar-refractivity contribution is 6.31. The zero-order valence-electron chi connectivity index (χ0n) is 22.3. The number of aromatic amines is 1. The van der Waals surface area contributed by atoms with Crippen molar-refractivity contribution in [3.05, 3.63) is 88.0 Å². The lowest BCUT2D eigenvalue weighted by atomic mass is 9.82. The Morgan fingerprint density at radius 1 is 1.23 bits per heavy atom. The molecule has 4 rings (SSSR count). The number of aromatic nitrogens is 2. The van der Waals surface area contributed by atoms with Gasteiger partial charge < -0.3 is 15.4 Å². The molecule has 3 N–H and O–H groups in total. The van der Waals surface area contributed by atoms with Crippen molar-refractivity contribution in [2.24, 2.45) is 5.92 Å². The van der Waals surface area contributed by atoms with Crippen LogP contribution in [-0.4, -0.2) is 33.0 Å². The van der Waals surface area contributed by atoms with Crippen LogP contribution in [-0.2, 0) is 0 Å². The van der Waals surface area contributed by atoms with Crippen LogP contribution >= 0.6 is 23.2 Å². The molecule has 1 aliphatic carbocycles. The standard InChI is InChI=1S/C31H32Cl2FN3O3/c1-3-8-26(19-9-5-4-6-10-19)37-30(38)20-12-13-21(23(15-20)31(39)40)18(2)22(11-7-14-32)29-35-27-16-24(33)25(34)17-28(27)36-29/h7,11-17,19,26H,2-6,8-10H2,1H3,(H,35,36)(H,37,38)(H,39,40)/b14-7-,22-11+. The van der Waals surface area contributed by atoms with E-state index >= 15 is 0 Å². The molecule has 1 amide bonds. The number of benzene rings is 2. The van der Waals surface area contributed by atoms with Crippen molar-refractivity contribution in [2.45, 2.75) is 57.9 Å². The average Bonchev–Trinajstić information content (AvgIpc) is 3.35. The molecule has 1 aliphatic rings. The van der Waals surface area contributed by atoms with Crippen molar-refractivity contribution in [2.75, 3.05) is 0 Å². The third kappa shape index (κ3) is 6.65. The lowest BCUT2D eigenvalue weighted by Crippen LogP contribution is -2.41. The number of hydrogen-bond donors (Lipinski definition) is 3. The minimum absolute atomic E-state index is 0.0593. The van der Waals surface area contributed by atoms with E-state index < -0.39 is 11.8 Å². The number of aromatic carboxylic acids is 1. The molecule has 6 nitrogen and oxygen atoms in total. The minimum Gasteiger partial charge on any atom is -0.478 e. The zero-order valence-corrected chi connectivity index (χ0v) is 23.8. The molecule has 210 valence electrons. The van der Waals surface area contributed by atoms with Gasteiger partial charge in [-0.15, -0.1) is 0 Å². The van der Waals surface area contributed by atoms with E-state index in [0.717, 1.165) is 25.7 Å². The van der Waals surface area contributed by atoms with E-state index in [0.29, 0.717) is 39.5 Å². The van der Waals surface area contributed by atoms with Crippen molar-refractivity contribution in [3.63, 3.8) is 0 Å². The second-order valence-electron chi connectivity index (χ2n) is 10.1. The van der Waals surface area contributed by atoms with E-state index in [4.69, 9.17) is 23.2 Å². The number of hydrogen-bond acceptors (Lipinski definition) is 3. The quantitative estimate of drug-likeness (QED) is 0.209. The van der Waals surface area contributed by atoms with Gasteiger partial charge in [0.05, 0.1) is 21.6 Å². The van der Waals surface area contributed by atoms with Gasteiger partial charge in [-0.2, -0.15) is 0 Å². The highest BCUT2D eigenvalue weighted by atomic mass is 35.5. The second kappa shape index (κ2) is 13.3. The van der Waals surface area contributed by atoms with Gasteiger partial charge in [0.1, 0.15) is 11.6 Å². The molecule has 1 unspecified atom stereocenters. The lowest BCUT2D eigenvalue weighted by molar-refractivity contribution is 0.0696. The Hall–Kier alpha value is -3.42. The van der Waals surface area contributed by atoms with Crippen LogP contribution in [0.3, 0.4) is 0 Å². The van der Waals surface area contributed by atoms with Gasteiger partial charge >= 0.3 is 5.97 Å². The zero-order chi connectivity index (χ0) is 28.8. The molecule has 1 atom stereocenters. The number of carboxylic acid groups (broad SMARTS) is 1. The fourth-order valence-electron chi connectivity index (χ4n) is 5.38. The Labute approximate surface area is 243 Å². The smallest absolute Gasteiger partial charge is 0.336 e. The summed E-state index contributed by atoms with van der Waals surface area (Å²) in [6, 6.07) is 7.26. The van der Waals surface area contributed by atoms with E-state index in [1.54, 1.807) is 24.3 Å². The normalized spacial score (nSPS) is 15.4. The van der Waals surface area contributed by atoms with Crippen molar-refractivity contribution in [3.8, 4) is 0 Å². The fourth-order valence-corrected chi connectivity index (χ4v) is 5.61. The molecule has 1 fully saturated rings. The van der Waals surface area contributed by atoms with Gasteiger partial charge in [-0.1, -0.05) is 74.5 Å². The van der Waals surface area contributed by atoms with Crippen LogP contribution in [0.15, 0.2) is 54.6 Å². The number of allylic oxidation sites excluding steroid dienone is 4. The van der Waals surface area contributed by atoms with Crippen LogP contribution in [0.25, 0.3) is 22.2 Å². The number of carbonyl (C=O) groups excluding carboxylic acids is 1. The predicted octanol–water partition coefficient (Wildman–Crippen LogP) is 8.38. The number of imidazole rings is 1. The summed E-state index contributed by atoms with van der Waals surface area (Å²) < 4.78 is 14.0. The molecule has 1 saturated carbocycles. The van der Waals surface area contributed by atoms with E-state index in [-0.39, 0.29) is 28.1 Å². The monoisotopic (exact) mass is 583 g/mol. The summed E-state index contributed by atoms with van der Waals surface area (Å²) in [6.07, 6.45) is 10.8. The number of nitrogens with one attached hydrogen (secondary N) is 2. The van der Waals surface area contributed by atoms with Crippen LogP contribution in [0.5, 0.6) is 0 Å². The number of amides is 1. The Balaban J connectivity index is 1.67. The number of rotatable bonds is 10. The molecule has 9 heteroatoms. The van der Waals surface area contributed by atoms with Gasteiger partial charge in [0.15, 0.2) is 0 Å². The van der Waals surface area contributed by atoms with E-state index in [1.807, 2.05) is 0 Å². The highest BCUT2D eigenvalue weighted by Gasteiger charge is 2.26. The molecule has 2 aromatic carbocycles. The summed E-state index contributed by atoms with van der Waals surface area (Å²) >= 11 is 11.7. The Morgan fingerprint density at radius 2 is 1.98 bits per heavy atom. The maximum atomic E-state index is 14.0. The number of halogens is 3. The molecular formula is C31H32Cl2FN3O3. The van der Waals surface area contributed by atoms with E-state index in [9.17, 15) is 19.1 Å². The molecule has 0 aliphatic heterocycles. The van der Waals surface area contributed by atoms with Crippen LogP contribution in [0.2, 0.25) is 5.02 Å². The van der Waals surface area contributed by atoms with Crippen LogP contribution < -0.4 is 5.32 Å². The number of H-pyrrole nitrogens is 1. The summed E-state index contributed by atoms with van der Waals surface area (Å²) in [4.78, 5) is 33.2. The van der Waals surface area contributed by atoms with Crippen molar-refractivity contribution in [1.82, 2.24) is 15.3 Å². The third-order valence-electron chi connectivity index (χ3n) is 7.41. The number of fused-ring (bicyclic) bond motifs is 1. The van der Waals surface area contributed by atoms with Gasteiger partial charge in [-0.3, -0.25) is 4.79 Å². The summed E-state index contributed by atoms with van der Waals surface area (Å²) in [5, 5.41) is 13.2. The molecule has 1 aromatic heterocycles. The summed E-state index contributed by atoms with van der Waals surface area (Å²) in [7, 11) is 0. The number of carboxylic acids is 1. The molecule has 0 spiro atoms. The Morgan fingerprint density at radius 3 is 2.65 bits per heavy atom. The number of nitrogens with zero attached hydrogens (tertiary/aromatic N) is 1. The Bertz CT molecular complexity index is 1450. The summed E-state index contributed by atoms with van der Waals surface area (Å²) in [6.45, 7) is 6.24. The van der Waals surface area contributed by atoms with Crippen LogP contribution in [0.4, 0.5) is 4.39 Å². The van der Waals surface area contributed by atoms with Crippen LogP contribution in [0, 0.1) is 11.7 Å². The van der Waals surface area contributed by atoms with Gasteiger partial charge in [-0.25, -0.2) is 14.2 Å². The highest BCUT2D eigenvalue weighted by Crippen LogP contribution is 2.34. The first-order valence-electron chi connectivity index (χ1n) is 13.4. The molecule has 1 heterocycles. The molecule has 40 heavy (non-hydrogen) atoms. The molecule has 3 aromatic rings. The minimum atomic E-state index is -1.20. The fraction of sp³-hybridized carbons (Fsp3) is 0.323. The molecule has 0 radical (unpaired) electrons. The first-order chi connectivity index (χ1) is 19.2. The van der Waals surface area contributed by atoms with Gasteiger partial charge in [0.2, 0.25) is 0 Å². The van der Waals surface area contributed by atoms with Crippen molar-refractivity contribution in [1.29, 1.82) is 0 Å². The largest absolute Gasteiger partial charge is 0.478 e. The molecule has 0 bridgehead atoms. The van der Waals surface area contributed by atoms with Crippen molar-refractivity contribution < 1.29 is 19.1 Å². The summed E-state index contributed by atoms with van der Waals surface area (Å²) in [5.41, 5.74) is 3.40. The van der Waals surface area contributed by atoms with Crippen LogP contribution in [0.1, 0.15) is 84.0 Å². The van der Waals surface area contributed by atoms with E-state index in [2.05, 4.69) is 28.8 Å². The average molecular weight is 585 g/mol. The topological polar surface area (TPSA) is 95.1 Å². The SMILES string of the molecule is C=C(/C(=C\C=C/Cl)c1nc2cc(Cl)c(F)cc2[nH]1)c1ccc(C(=O)NC(CCC)C2CCCCC2)cc1C(=O)O. The van der Waals surface area contributed by atoms with E-state index in [1.165, 1.54) is 43.0 Å². The van der Waals surface area contributed by atoms with Gasteiger partial charge in [0.25, 0.3) is 5.91 Å². The lowest BCUT2D eigenvalue weighted by Gasteiger charge is -2.31. The summed E-state index contributed by atoms with van der Waals surface area (Å²) in [5.74, 6) is -1.33. The maximum Gasteiger partial charge on any atom is 0.336 e. The first-order valence-corrected chi connectivity index (χ1v) is 14.2. The first kappa shape index (κ1) is 29.6. The predicted molar refractivity (Wildman–Crippen MR) is 159 cm³/mol.